The van der Waals surface area contributed by atoms with Gasteiger partial charge in [-0.3, -0.25) is 0 Å². The highest BCUT2D eigenvalue weighted by molar-refractivity contribution is 7.21. The summed E-state index contributed by atoms with van der Waals surface area (Å²) in [5.74, 6) is 0. The van der Waals surface area contributed by atoms with E-state index >= 15 is 0 Å². The van der Waals surface area contributed by atoms with Crippen molar-refractivity contribution in [1.29, 1.82) is 0 Å². The van der Waals surface area contributed by atoms with Crippen molar-refractivity contribution in [3.8, 4) is 22.3 Å². The highest BCUT2D eigenvalue weighted by Gasteiger charge is 2.46. The summed E-state index contributed by atoms with van der Waals surface area (Å²) in [5, 5.41) is 7.92. The monoisotopic (exact) mass is 500 g/mol. The Kier molecular flexibility index (Phi) is 4.61. The Balaban J connectivity index is 1.63. The van der Waals surface area contributed by atoms with E-state index in [1.54, 1.807) is 0 Å². The molecule has 0 saturated carbocycles. The van der Waals surface area contributed by atoms with Gasteiger partial charge in [-0.15, -0.1) is 0 Å². The van der Waals surface area contributed by atoms with Crippen LogP contribution < -0.4 is 20.7 Å². The fraction of sp³-hybridized carbons (Fsp3) is 0. The van der Waals surface area contributed by atoms with E-state index in [4.69, 9.17) is 4.42 Å². The van der Waals surface area contributed by atoms with Crippen LogP contribution in [0, 0.1) is 0 Å². The molecule has 1 aromatic heterocycles. The number of para-hydroxylation sites is 1. The van der Waals surface area contributed by atoms with Crippen molar-refractivity contribution in [2.45, 2.75) is 0 Å². The number of rotatable bonds is 2. The molecule has 6 aromatic carbocycles. The lowest BCUT2D eigenvalue weighted by Crippen LogP contribution is -2.75. The van der Waals surface area contributed by atoms with E-state index in [9.17, 15) is 0 Å². The highest BCUT2D eigenvalue weighted by Crippen LogP contribution is 2.43. The van der Waals surface area contributed by atoms with E-state index in [-0.39, 0.29) is 0 Å². The fourth-order valence-corrected chi connectivity index (χ4v) is 11.8. The second-order valence-corrected chi connectivity index (χ2v) is 13.8. The molecule has 0 unspecified atom stereocenters. The van der Waals surface area contributed by atoms with Gasteiger partial charge in [0.25, 0.3) is 0 Å². The molecule has 0 N–H and O–H groups in total. The van der Waals surface area contributed by atoms with E-state index < -0.39 is 8.07 Å². The predicted octanol–water partition coefficient (Wildman–Crippen LogP) is 6.61. The Bertz CT molecular complexity index is 1930. The van der Waals surface area contributed by atoms with E-state index in [1.807, 2.05) is 0 Å². The van der Waals surface area contributed by atoms with Crippen molar-refractivity contribution >= 4 is 50.8 Å². The number of hydrogen-bond donors (Lipinski definition) is 0. The fourth-order valence-electron chi connectivity index (χ4n) is 6.66. The first kappa shape index (κ1) is 21.4. The van der Waals surface area contributed by atoms with Crippen LogP contribution in [0.4, 0.5) is 0 Å². The maximum Gasteiger partial charge on any atom is 0.180 e. The van der Waals surface area contributed by atoms with E-state index in [0.717, 1.165) is 16.6 Å². The topological polar surface area (TPSA) is 13.1 Å². The summed E-state index contributed by atoms with van der Waals surface area (Å²) in [7, 11) is -2.69. The predicted molar refractivity (Wildman–Crippen MR) is 162 cm³/mol. The first-order valence-corrected chi connectivity index (χ1v) is 15.1. The van der Waals surface area contributed by atoms with E-state index in [2.05, 4.69) is 146 Å². The van der Waals surface area contributed by atoms with Crippen LogP contribution in [0.1, 0.15) is 0 Å². The zero-order valence-electron chi connectivity index (χ0n) is 20.8. The van der Waals surface area contributed by atoms with Gasteiger partial charge in [0, 0.05) is 16.3 Å². The molecule has 178 valence electrons. The van der Waals surface area contributed by atoms with Crippen LogP contribution in [0.5, 0.6) is 0 Å². The Morgan fingerprint density at radius 1 is 0.395 bits per heavy atom. The third-order valence-corrected chi connectivity index (χ3v) is 13.1. The zero-order valence-corrected chi connectivity index (χ0v) is 21.8. The zero-order chi connectivity index (χ0) is 25.1. The maximum atomic E-state index is 6.67. The molecule has 2 heterocycles. The van der Waals surface area contributed by atoms with Crippen molar-refractivity contribution in [2.75, 3.05) is 0 Å². The lowest BCUT2D eigenvalue weighted by Gasteiger charge is -2.35. The van der Waals surface area contributed by atoms with Crippen LogP contribution in [0.3, 0.4) is 0 Å². The van der Waals surface area contributed by atoms with Crippen LogP contribution in [-0.4, -0.2) is 8.07 Å². The first-order chi connectivity index (χ1) is 18.9. The standard InChI is InChI=1S/C36H24OSi/c1-3-13-25(14-4-1)38(26-15-5-2-6-16-26)33-21-11-8-18-28(33)29-23-24-30-27-17-7-10-20-32(27)37-36(30)35(29)31-19-9-12-22-34(31)38/h1-24H. The molecule has 1 aliphatic rings. The SMILES string of the molecule is c1ccc([Si]2(c3ccccc3)c3ccccc3-c3ccc4c(oc5ccccc54)c3-c3ccccc32)cc1. The summed E-state index contributed by atoms with van der Waals surface area (Å²) in [4.78, 5) is 0. The molecular weight excluding hydrogens is 476 g/mol. The molecular formula is C36H24OSi. The lowest BCUT2D eigenvalue weighted by molar-refractivity contribution is 0.670. The molecule has 0 radical (unpaired) electrons. The normalized spacial score (nSPS) is 13.5. The third-order valence-electron chi connectivity index (χ3n) is 8.18. The molecule has 38 heavy (non-hydrogen) atoms. The molecule has 0 aliphatic carbocycles. The van der Waals surface area contributed by atoms with Crippen LogP contribution in [0.25, 0.3) is 44.2 Å². The number of fused-ring (bicyclic) bond motifs is 9. The average molecular weight is 501 g/mol. The smallest absolute Gasteiger partial charge is 0.180 e. The number of hydrogen-bond acceptors (Lipinski definition) is 1. The summed E-state index contributed by atoms with van der Waals surface area (Å²) in [5.41, 5.74) is 6.89. The van der Waals surface area contributed by atoms with Crippen LogP contribution in [-0.2, 0) is 0 Å². The second-order valence-electron chi connectivity index (χ2n) is 10.0. The highest BCUT2D eigenvalue weighted by atomic mass is 28.3. The largest absolute Gasteiger partial charge is 0.455 e. The Morgan fingerprint density at radius 3 is 1.66 bits per heavy atom. The van der Waals surface area contributed by atoms with Crippen molar-refractivity contribution in [3.63, 3.8) is 0 Å². The molecule has 7 aromatic rings. The van der Waals surface area contributed by atoms with Gasteiger partial charge in [0.15, 0.2) is 8.07 Å². The number of furan rings is 1. The van der Waals surface area contributed by atoms with Gasteiger partial charge >= 0.3 is 0 Å². The van der Waals surface area contributed by atoms with E-state index in [1.165, 1.54) is 48.4 Å². The Labute approximate surface area is 222 Å². The van der Waals surface area contributed by atoms with Crippen molar-refractivity contribution in [2.24, 2.45) is 0 Å². The first-order valence-electron chi connectivity index (χ1n) is 13.1. The summed E-state index contributed by atoms with van der Waals surface area (Å²) >= 11 is 0. The molecule has 0 saturated heterocycles. The molecule has 0 atom stereocenters. The minimum absolute atomic E-state index is 0.931. The Hall–Kier alpha value is -4.66. The summed E-state index contributed by atoms with van der Waals surface area (Å²) in [6, 6.07) is 53.4. The minimum atomic E-state index is -2.69. The van der Waals surface area contributed by atoms with Gasteiger partial charge < -0.3 is 4.42 Å². The number of benzene rings is 6. The van der Waals surface area contributed by atoms with Gasteiger partial charge in [-0.05, 0) is 49.6 Å². The van der Waals surface area contributed by atoms with Crippen LogP contribution in [0.2, 0.25) is 0 Å². The molecule has 0 bridgehead atoms. The molecule has 0 amide bonds. The molecule has 1 aliphatic heterocycles. The molecule has 0 fully saturated rings. The quantitative estimate of drug-likeness (QED) is 0.243. The second kappa shape index (κ2) is 8.17. The van der Waals surface area contributed by atoms with Gasteiger partial charge in [0.2, 0.25) is 0 Å². The third kappa shape index (κ3) is 2.81. The summed E-state index contributed by atoms with van der Waals surface area (Å²) in [6.45, 7) is 0. The van der Waals surface area contributed by atoms with E-state index in [0.29, 0.717) is 0 Å². The van der Waals surface area contributed by atoms with Gasteiger partial charge in [0.05, 0.1) is 0 Å². The molecule has 8 rings (SSSR count). The average Bonchev–Trinajstić information content (AvgIpc) is 3.33. The van der Waals surface area contributed by atoms with Gasteiger partial charge in [-0.2, -0.15) is 0 Å². The van der Waals surface area contributed by atoms with Crippen molar-refractivity contribution in [1.82, 2.24) is 0 Å². The van der Waals surface area contributed by atoms with Gasteiger partial charge in [-0.25, -0.2) is 0 Å². The molecule has 0 spiro atoms. The lowest BCUT2D eigenvalue weighted by atomic mass is 9.92. The maximum absolute atomic E-state index is 6.67. The van der Waals surface area contributed by atoms with Crippen molar-refractivity contribution < 1.29 is 4.42 Å². The van der Waals surface area contributed by atoms with Gasteiger partial charge in [-0.1, -0.05) is 133 Å². The van der Waals surface area contributed by atoms with Gasteiger partial charge in [0.1, 0.15) is 11.2 Å². The van der Waals surface area contributed by atoms with Crippen LogP contribution in [0.15, 0.2) is 150 Å². The Morgan fingerprint density at radius 2 is 0.947 bits per heavy atom. The van der Waals surface area contributed by atoms with Crippen molar-refractivity contribution in [3.05, 3.63) is 146 Å². The molecule has 1 nitrogen and oxygen atoms in total. The summed E-state index contributed by atoms with van der Waals surface area (Å²) in [6.07, 6.45) is 0. The van der Waals surface area contributed by atoms with Crippen LogP contribution >= 0.6 is 0 Å². The molecule has 2 heteroatoms. The summed E-state index contributed by atoms with van der Waals surface area (Å²) < 4.78 is 6.67. The minimum Gasteiger partial charge on any atom is -0.455 e.